The van der Waals surface area contributed by atoms with Gasteiger partial charge in [0.2, 0.25) is 5.91 Å². The highest BCUT2D eigenvalue weighted by Crippen LogP contribution is 2.22. The molecule has 0 heterocycles. The number of nitrogens with zero attached hydrogens (tertiary/aromatic N) is 1. The second-order valence-corrected chi connectivity index (χ2v) is 6.27. The number of carbonyl (C=O) groups is 2. The van der Waals surface area contributed by atoms with Crippen LogP contribution in [0.1, 0.15) is 22.8 Å². The van der Waals surface area contributed by atoms with Gasteiger partial charge in [0.25, 0.3) is 5.91 Å². The number of hydrogen-bond donors (Lipinski definition) is 1. The first kappa shape index (κ1) is 19.2. The molecule has 0 radical (unpaired) electrons. The van der Waals surface area contributed by atoms with E-state index in [0.29, 0.717) is 28.7 Å². The summed E-state index contributed by atoms with van der Waals surface area (Å²) in [7, 11) is 0. The Hall–Kier alpha value is -2.11. The second-order valence-electron chi connectivity index (χ2n) is 5.45. The van der Waals surface area contributed by atoms with Gasteiger partial charge in [-0.2, -0.15) is 0 Å². The maximum Gasteiger partial charge on any atom is 0.251 e. The van der Waals surface area contributed by atoms with Crippen molar-refractivity contribution >= 4 is 35.0 Å². The van der Waals surface area contributed by atoms with Crippen LogP contribution < -0.4 is 5.32 Å². The molecule has 2 rings (SSSR count). The molecule has 2 amide bonds. The maximum absolute atomic E-state index is 12.9. The Morgan fingerprint density at radius 1 is 1.08 bits per heavy atom. The number of nitrogens with one attached hydrogen (secondary N) is 1. The minimum absolute atomic E-state index is 0.131. The number of hydrogen-bond acceptors (Lipinski definition) is 2. The van der Waals surface area contributed by atoms with Crippen molar-refractivity contribution in [2.45, 2.75) is 13.5 Å². The van der Waals surface area contributed by atoms with E-state index in [1.807, 2.05) is 0 Å². The van der Waals surface area contributed by atoms with Crippen molar-refractivity contribution in [2.24, 2.45) is 0 Å². The lowest BCUT2D eigenvalue weighted by Gasteiger charge is -2.21. The van der Waals surface area contributed by atoms with Gasteiger partial charge in [0, 0.05) is 32.1 Å². The van der Waals surface area contributed by atoms with E-state index < -0.39 is 0 Å². The summed E-state index contributed by atoms with van der Waals surface area (Å²) in [4.78, 5) is 25.4. The molecule has 0 bridgehead atoms. The molecule has 0 aliphatic rings. The van der Waals surface area contributed by atoms with Crippen LogP contribution in [-0.4, -0.2) is 29.8 Å². The van der Waals surface area contributed by atoms with Gasteiger partial charge >= 0.3 is 0 Å². The summed E-state index contributed by atoms with van der Waals surface area (Å²) in [6, 6.07) is 10.6. The molecule has 4 nitrogen and oxygen atoms in total. The molecular formula is C18H17Cl2FN2O2. The molecule has 132 valence electrons. The molecule has 0 saturated carbocycles. The van der Waals surface area contributed by atoms with Gasteiger partial charge in [-0.1, -0.05) is 35.3 Å². The van der Waals surface area contributed by atoms with Gasteiger partial charge in [-0.05, 0) is 35.9 Å². The van der Waals surface area contributed by atoms with Crippen molar-refractivity contribution < 1.29 is 14.0 Å². The van der Waals surface area contributed by atoms with E-state index in [-0.39, 0.29) is 24.2 Å². The smallest absolute Gasteiger partial charge is 0.251 e. The standard InChI is InChI=1S/C18H17Cl2FN2O2/c1-12(24)23(11-13-2-5-15(21)6-3-13)9-8-22-18(25)14-4-7-16(19)17(20)10-14/h2-7,10H,8-9,11H2,1H3,(H,22,25). The predicted octanol–water partition coefficient (Wildman–Crippen LogP) is 3.91. The number of halogens is 3. The van der Waals surface area contributed by atoms with Crippen LogP contribution in [0.3, 0.4) is 0 Å². The van der Waals surface area contributed by atoms with Gasteiger partial charge in [-0.3, -0.25) is 9.59 Å². The molecule has 0 aromatic heterocycles. The number of amides is 2. The second kappa shape index (κ2) is 8.83. The first-order valence-corrected chi connectivity index (χ1v) is 8.35. The van der Waals surface area contributed by atoms with Crippen molar-refractivity contribution in [1.82, 2.24) is 10.2 Å². The molecule has 1 N–H and O–H groups in total. The van der Waals surface area contributed by atoms with Crippen LogP contribution in [0.25, 0.3) is 0 Å². The molecule has 0 atom stereocenters. The molecule has 7 heteroatoms. The Kier molecular flexibility index (Phi) is 6.79. The molecule has 0 saturated heterocycles. The van der Waals surface area contributed by atoms with E-state index in [0.717, 1.165) is 5.56 Å². The van der Waals surface area contributed by atoms with E-state index in [1.54, 1.807) is 29.2 Å². The summed E-state index contributed by atoms with van der Waals surface area (Å²) >= 11 is 11.7. The lowest BCUT2D eigenvalue weighted by molar-refractivity contribution is -0.129. The number of benzene rings is 2. The average Bonchev–Trinajstić information content (AvgIpc) is 2.58. The highest BCUT2D eigenvalue weighted by atomic mass is 35.5. The molecule has 0 spiro atoms. The third-order valence-corrected chi connectivity index (χ3v) is 4.32. The van der Waals surface area contributed by atoms with Crippen LogP contribution in [0.2, 0.25) is 10.0 Å². The first-order chi connectivity index (χ1) is 11.9. The Morgan fingerprint density at radius 3 is 2.36 bits per heavy atom. The molecule has 2 aromatic rings. The van der Waals surface area contributed by atoms with Crippen molar-refractivity contribution in [3.05, 3.63) is 69.5 Å². The van der Waals surface area contributed by atoms with Crippen LogP contribution in [0, 0.1) is 5.82 Å². The maximum atomic E-state index is 12.9. The zero-order chi connectivity index (χ0) is 18.4. The van der Waals surface area contributed by atoms with E-state index in [9.17, 15) is 14.0 Å². The van der Waals surface area contributed by atoms with Crippen LogP contribution in [0.4, 0.5) is 4.39 Å². The lowest BCUT2D eigenvalue weighted by atomic mass is 10.2. The van der Waals surface area contributed by atoms with Gasteiger partial charge in [-0.25, -0.2) is 4.39 Å². The molecule has 0 unspecified atom stereocenters. The highest BCUT2D eigenvalue weighted by molar-refractivity contribution is 6.42. The summed E-state index contributed by atoms with van der Waals surface area (Å²) in [5, 5.41) is 3.41. The predicted molar refractivity (Wildman–Crippen MR) is 96.3 cm³/mol. The Labute approximate surface area is 155 Å². The SMILES string of the molecule is CC(=O)N(CCNC(=O)c1ccc(Cl)c(Cl)c1)Cc1ccc(F)cc1. The molecular weight excluding hydrogens is 366 g/mol. The first-order valence-electron chi connectivity index (χ1n) is 7.60. The number of rotatable bonds is 6. The van der Waals surface area contributed by atoms with Crippen LogP contribution in [-0.2, 0) is 11.3 Å². The van der Waals surface area contributed by atoms with Gasteiger partial charge < -0.3 is 10.2 Å². The van der Waals surface area contributed by atoms with Crippen LogP contribution in [0.5, 0.6) is 0 Å². The number of carbonyl (C=O) groups excluding carboxylic acids is 2. The quantitative estimate of drug-likeness (QED) is 0.822. The zero-order valence-electron chi connectivity index (χ0n) is 13.6. The fraction of sp³-hybridized carbons (Fsp3) is 0.222. The summed E-state index contributed by atoms with van der Waals surface area (Å²) in [5.74, 6) is -0.760. The van der Waals surface area contributed by atoms with Crippen LogP contribution in [0.15, 0.2) is 42.5 Å². The third kappa shape index (κ3) is 5.73. The normalized spacial score (nSPS) is 10.4. The lowest BCUT2D eigenvalue weighted by Crippen LogP contribution is -2.37. The minimum atomic E-state index is -0.327. The van der Waals surface area contributed by atoms with E-state index in [1.165, 1.54) is 25.1 Å². The summed E-state index contributed by atoms with van der Waals surface area (Å²) in [6.07, 6.45) is 0. The largest absolute Gasteiger partial charge is 0.350 e. The third-order valence-electron chi connectivity index (χ3n) is 3.58. The fourth-order valence-electron chi connectivity index (χ4n) is 2.20. The van der Waals surface area contributed by atoms with Crippen molar-refractivity contribution in [3.63, 3.8) is 0 Å². The Balaban J connectivity index is 1.90. The van der Waals surface area contributed by atoms with Gasteiger partial charge in [0.05, 0.1) is 10.0 Å². The van der Waals surface area contributed by atoms with Crippen molar-refractivity contribution in [3.8, 4) is 0 Å². The monoisotopic (exact) mass is 382 g/mol. The van der Waals surface area contributed by atoms with Gasteiger partial charge in [0.1, 0.15) is 5.82 Å². The summed E-state index contributed by atoms with van der Waals surface area (Å²) in [5.41, 5.74) is 1.20. The van der Waals surface area contributed by atoms with Gasteiger partial charge in [-0.15, -0.1) is 0 Å². The molecule has 0 fully saturated rings. The van der Waals surface area contributed by atoms with E-state index in [2.05, 4.69) is 5.32 Å². The molecule has 25 heavy (non-hydrogen) atoms. The topological polar surface area (TPSA) is 49.4 Å². The molecule has 0 aliphatic carbocycles. The highest BCUT2D eigenvalue weighted by Gasteiger charge is 2.12. The van der Waals surface area contributed by atoms with Crippen molar-refractivity contribution in [2.75, 3.05) is 13.1 Å². The van der Waals surface area contributed by atoms with Gasteiger partial charge in [0.15, 0.2) is 0 Å². The van der Waals surface area contributed by atoms with E-state index >= 15 is 0 Å². The Bertz CT molecular complexity index is 766. The minimum Gasteiger partial charge on any atom is -0.350 e. The Morgan fingerprint density at radius 2 is 1.76 bits per heavy atom. The molecule has 0 aliphatic heterocycles. The summed E-state index contributed by atoms with van der Waals surface area (Å²) in [6.45, 7) is 2.40. The zero-order valence-corrected chi connectivity index (χ0v) is 15.1. The fourth-order valence-corrected chi connectivity index (χ4v) is 2.50. The van der Waals surface area contributed by atoms with E-state index in [4.69, 9.17) is 23.2 Å². The van der Waals surface area contributed by atoms with Crippen molar-refractivity contribution in [1.29, 1.82) is 0 Å². The average molecular weight is 383 g/mol. The summed E-state index contributed by atoms with van der Waals surface area (Å²) < 4.78 is 12.9. The molecule has 2 aromatic carbocycles. The van der Waals surface area contributed by atoms with Crippen LogP contribution >= 0.6 is 23.2 Å².